The van der Waals surface area contributed by atoms with Crippen molar-refractivity contribution in [1.29, 1.82) is 0 Å². The highest BCUT2D eigenvalue weighted by atomic mass is 32.2. The first kappa shape index (κ1) is 14.5. The molecule has 0 saturated heterocycles. The van der Waals surface area contributed by atoms with Crippen LogP contribution in [0.15, 0.2) is 23.4 Å². The highest BCUT2D eigenvalue weighted by Crippen LogP contribution is 2.15. The Morgan fingerprint density at radius 3 is 2.45 bits per heavy atom. The molecule has 2 heterocycles. The number of aryl methyl sites for hydroxylation is 2. The van der Waals surface area contributed by atoms with E-state index in [2.05, 4.69) is 15.4 Å². The van der Waals surface area contributed by atoms with Crippen LogP contribution in [0, 0.1) is 13.8 Å². The van der Waals surface area contributed by atoms with E-state index in [0.717, 1.165) is 28.9 Å². The predicted octanol–water partition coefficient (Wildman–Crippen LogP) is 1.45. The molecule has 0 aliphatic heterocycles. The van der Waals surface area contributed by atoms with E-state index < -0.39 is 9.84 Å². The number of nitrogens with one attached hydrogen (secondary N) is 1. The van der Waals surface area contributed by atoms with Crippen molar-refractivity contribution in [3.63, 3.8) is 0 Å². The molecule has 0 amide bonds. The molecule has 20 heavy (non-hydrogen) atoms. The van der Waals surface area contributed by atoms with Crippen molar-refractivity contribution in [3.05, 3.63) is 35.3 Å². The summed E-state index contributed by atoms with van der Waals surface area (Å²) in [5.41, 5.74) is 4.01. The molecule has 0 fully saturated rings. The van der Waals surface area contributed by atoms with Crippen LogP contribution in [-0.2, 0) is 23.4 Å². The first-order chi connectivity index (χ1) is 9.29. The van der Waals surface area contributed by atoms with Crippen molar-refractivity contribution in [2.45, 2.75) is 25.4 Å². The van der Waals surface area contributed by atoms with Crippen LogP contribution in [0.5, 0.6) is 0 Å². The maximum atomic E-state index is 11.3. The topological polar surface area (TPSA) is 76.9 Å². The summed E-state index contributed by atoms with van der Waals surface area (Å²) in [6.45, 7) is 4.61. The second-order valence-electron chi connectivity index (χ2n) is 4.78. The maximum Gasteiger partial charge on any atom is 0.192 e. The van der Waals surface area contributed by atoms with Crippen molar-refractivity contribution < 1.29 is 8.42 Å². The van der Waals surface area contributed by atoms with Crippen molar-refractivity contribution in [3.8, 4) is 0 Å². The third-order valence-corrected chi connectivity index (χ3v) is 4.25. The smallest absolute Gasteiger partial charge is 0.192 e. The van der Waals surface area contributed by atoms with Crippen molar-refractivity contribution in [2.24, 2.45) is 7.05 Å². The number of nitrogens with zero attached hydrogens (tertiary/aromatic N) is 3. The zero-order chi connectivity index (χ0) is 14.9. The van der Waals surface area contributed by atoms with Gasteiger partial charge in [-0.05, 0) is 26.0 Å². The van der Waals surface area contributed by atoms with E-state index in [9.17, 15) is 8.42 Å². The number of anilines is 1. The normalized spacial score (nSPS) is 11.6. The number of rotatable bonds is 4. The lowest BCUT2D eigenvalue weighted by Crippen LogP contribution is -2.04. The van der Waals surface area contributed by atoms with Gasteiger partial charge in [-0.15, -0.1) is 0 Å². The first-order valence-corrected chi connectivity index (χ1v) is 8.07. The van der Waals surface area contributed by atoms with Crippen LogP contribution < -0.4 is 5.32 Å². The molecule has 1 N–H and O–H groups in total. The highest BCUT2D eigenvalue weighted by molar-refractivity contribution is 7.90. The number of pyridine rings is 1. The Morgan fingerprint density at radius 2 is 2.00 bits per heavy atom. The highest BCUT2D eigenvalue weighted by Gasteiger charge is 2.10. The molecule has 0 bridgehead atoms. The molecular formula is C13H18N4O2S. The van der Waals surface area contributed by atoms with E-state index in [-0.39, 0.29) is 5.03 Å². The number of hydrogen-bond donors (Lipinski definition) is 1. The fourth-order valence-electron chi connectivity index (χ4n) is 1.97. The molecule has 6 nitrogen and oxygen atoms in total. The van der Waals surface area contributed by atoms with Crippen molar-refractivity contribution >= 4 is 15.5 Å². The van der Waals surface area contributed by atoms with Gasteiger partial charge in [0.05, 0.1) is 17.6 Å². The molecule has 0 atom stereocenters. The largest absolute Gasteiger partial charge is 0.380 e. The Kier molecular flexibility index (Phi) is 3.80. The van der Waals surface area contributed by atoms with Gasteiger partial charge in [-0.1, -0.05) is 0 Å². The van der Waals surface area contributed by atoms with Gasteiger partial charge in [0, 0.05) is 31.1 Å². The Hall–Kier alpha value is -1.89. The molecular weight excluding hydrogens is 276 g/mol. The summed E-state index contributed by atoms with van der Waals surface area (Å²) in [6, 6.07) is 3.21. The summed E-state index contributed by atoms with van der Waals surface area (Å²) < 4.78 is 24.5. The van der Waals surface area contributed by atoms with Crippen LogP contribution in [0.25, 0.3) is 0 Å². The second-order valence-corrected chi connectivity index (χ2v) is 6.75. The molecule has 2 aromatic heterocycles. The van der Waals surface area contributed by atoms with Gasteiger partial charge in [0.25, 0.3) is 0 Å². The summed E-state index contributed by atoms with van der Waals surface area (Å²) in [5, 5.41) is 7.66. The third kappa shape index (κ3) is 2.98. The maximum absolute atomic E-state index is 11.3. The van der Waals surface area contributed by atoms with Gasteiger partial charge in [-0.3, -0.25) is 4.68 Å². The lowest BCUT2D eigenvalue weighted by molar-refractivity contribution is 0.598. The number of sulfone groups is 1. The fraction of sp³-hybridized carbons (Fsp3) is 0.385. The first-order valence-electron chi connectivity index (χ1n) is 6.18. The summed E-state index contributed by atoms with van der Waals surface area (Å²) >= 11 is 0. The van der Waals surface area contributed by atoms with Gasteiger partial charge in [0.15, 0.2) is 14.9 Å². The Labute approximate surface area is 118 Å². The van der Waals surface area contributed by atoms with Crippen molar-refractivity contribution in [2.75, 3.05) is 11.6 Å². The fourth-order valence-corrected chi connectivity index (χ4v) is 2.53. The van der Waals surface area contributed by atoms with E-state index in [0.29, 0.717) is 6.54 Å². The van der Waals surface area contributed by atoms with Crippen LogP contribution in [0.4, 0.5) is 5.69 Å². The van der Waals surface area contributed by atoms with Crippen LogP contribution >= 0.6 is 0 Å². The zero-order valence-corrected chi connectivity index (χ0v) is 12.8. The minimum absolute atomic E-state index is 0.0804. The molecule has 7 heteroatoms. The average molecular weight is 294 g/mol. The molecule has 2 rings (SSSR count). The summed E-state index contributed by atoms with van der Waals surface area (Å²) in [7, 11) is -1.34. The summed E-state index contributed by atoms with van der Waals surface area (Å²) in [5.74, 6) is 0. The van der Waals surface area contributed by atoms with Gasteiger partial charge in [-0.25, -0.2) is 13.4 Å². The Morgan fingerprint density at radius 1 is 1.30 bits per heavy atom. The number of aromatic nitrogens is 3. The molecule has 0 aliphatic rings. The minimum atomic E-state index is -3.25. The molecule has 0 aromatic carbocycles. The van der Waals surface area contributed by atoms with E-state index in [1.165, 1.54) is 12.3 Å². The Bertz CT molecular complexity index is 718. The van der Waals surface area contributed by atoms with Crippen LogP contribution in [-0.4, -0.2) is 29.4 Å². The van der Waals surface area contributed by atoms with Gasteiger partial charge in [-0.2, -0.15) is 5.10 Å². The summed E-state index contributed by atoms with van der Waals surface area (Å²) in [4.78, 5) is 3.94. The van der Waals surface area contributed by atoms with Crippen LogP contribution in [0.3, 0.4) is 0 Å². The molecule has 108 valence electrons. The van der Waals surface area contributed by atoms with Gasteiger partial charge >= 0.3 is 0 Å². The minimum Gasteiger partial charge on any atom is -0.380 e. The van der Waals surface area contributed by atoms with Crippen LogP contribution in [0.2, 0.25) is 0 Å². The zero-order valence-electron chi connectivity index (χ0n) is 12.0. The lowest BCUT2D eigenvalue weighted by Gasteiger charge is -2.07. The molecule has 2 aromatic rings. The predicted molar refractivity (Wildman–Crippen MR) is 77.4 cm³/mol. The second kappa shape index (κ2) is 5.24. The third-order valence-electron chi connectivity index (χ3n) is 3.24. The van der Waals surface area contributed by atoms with E-state index in [1.807, 2.05) is 25.6 Å². The van der Waals surface area contributed by atoms with Gasteiger partial charge < -0.3 is 5.32 Å². The number of hydrogen-bond acceptors (Lipinski definition) is 5. The average Bonchev–Trinajstić information content (AvgIpc) is 2.61. The van der Waals surface area contributed by atoms with Crippen LogP contribution in [0.1, 0.15) is 17.0 Å². The lowest BCUT2D eigenvalue weighted by atomic mass is 10.2. The standard InChI is InChI=1S/C13H18N4O2S/c1-9-12(10(2)17(3)16-9)8-14-11-5-6-13(15-7-11)20(4,18)19/h5-7,14H,8H2,1-4H3. The molecule has 0 unspecified atom stereocenters. The van der Waals surface area contributed by atoms with E-state index in [1.54, 1.807) is 6.07 Å². The molecule has 0 saturated carbocycles. The SMILES string of the molecule is Cc1nn(C)c(C)c1CNc1ccc(S(C)(=O)=O)nc1. The van der Waals surface area contributed by atoms with E-state index >= 15 is 0 Å². The quantitative estimate of drug-likeness (QED) is 0.923. The monoisotopic (exact) mass is 294 g/mol. The van der Waals surface area contributed by atoms with E-state index in [4.69, 9.17) is 0 Å². The van der Waals surface area contributed by atoms with Gasteiger partial charge in [0.2, 0.25) is 0 Å². The van der Waals surface area contributed by atoms with Crippen molar-refractivity contribution in [1.82, 2.24) is 14.8 Å². The Balaban J connectivity index is 2.12. The molecule has 0 radical (unpaired) electrons. The summed E-state index contributed by atoms with van der Waals surface area (Å²) in [6.07, 6.45) is 2.67. The molecule has 0 aliphatic carbocycles. The van der Waals surface area contributed by atoms with Gasteiger partial charge in [0.1, 0.15) is 0 Å². The molecule has 0 spiro atoms.